The molecule has 0 fully saturated rings. The van der Waals surface area contributed by atoms with Crippen LogP contribution in [0, 0.1) is 21.4 Å². The Morgan fingerprint density at radius 3 is 2.85 bits per heavy atom. The minimum absolute atomic E-state index is 0.0791. The Morgan fingerprint density at radius 2 is 2.20 bits per heavy atom. The van der Waals surface area contributed by atoms with E-state index in [0.29, 0.717) is 15.7 Å². The van der Waals surface area contributed by atoms with E-state index in [0.717, 1.165) is 6.33 Å². The second kappa shape index (κ2) is 5.81. The fourth-order valence-electron chi connectivity index (χ4n) is 1.46. The van der Waals surface area contributed by atoms with Crippen LogP contribution in [0.2, 0.25) is 5.15 Å². The quantitative estimate of drug-likeness (QED) is 0.514. The van der Waals surface area contributed by atoms with Gasteiger partial charge in [-0.05, 0) is 18.2 Å². The Hall–Kier alpha value is -2.24. The predicted octanol–water partition coefficient (Wildman–Crippen LogP) is 3.42. The average Bonchev–Trinajstić information content (AvgIpc) is 2.38. The maximum Gasteiger partial charge on any atom is 0.348 e. The predicted molar refractivity (Wildman–Crippen MR) is 75.8 cm³/mol. The molecule has 9 heteroatoms. The maximum atomic E-state index is 11.0. The Balaban J connectivity index is 2.51. The molecule has 0 amide bonds. The summed E-state index contributed by atoms with van der Waals surface area (Å²) < 4.78 is 0.710. The normalized spacial score (nSPS) is 9.85. The molecule has 2 aromatic rings. The molecule has 0 aliphatic heterocycles. The first-order chi connectivity index (χ1) is 9.52. The summed E-state index contributed by atoms with van der Waals surface area (Å²) in [5.41, 5.74) is 0.245. The molecular formula is C11H5BrClN5O2. The molecule has 0 atom stereocenters. The minimum Gasteiger partial charge on any atom is -0.333 e. The summed E-state index contributed by atoms with van der Waals surface area (Å²) in [7, 11) is 0. The van der Waals surface area contributed by atoms with Crippen molar-refractivity contribution in [2.75, 3.05) is 5.32 Å². The van der Waals surface area contributed by atoms with Gasteiger partial charge in [-0.15, -0.1) is 0 Å². The second-order valence-corrected chi connectivity index (χ2v) is 4.82. The molecular weight excluding hydrogens is 350 g/mol. The lowest BCUT2D eigenvalue weighted by molar-refractivity contribution is -0.384. The third-order valence-corrected chi connectivity index (χ3v) is 3.09. The van der Waals surface area contributed by atoms with Crippen LogP contribution in [0.5, 0.6) is 0 Å². The van der Waals surface area contributed by atoms with Crippen molar-refractivity contribution in [3.8, 4) is 6.07 Å². The van der Waals surface area contributed by atoms with Crippen molar-refractivity contribution >= 4 is 44.7 Å². The van der Waals surface area contributed by atoms with Crippen molar-refractivity contribution < 1.29 is 4.92 Å². The van der Waals surface area contributed by atoms with Gasteiger partial charge >= 0.3 is 5.69 Å². The Bertz CT molecular complexity index is 731. The molecule has 0 unspecified atom stereocenters. The van der Waals surface area contributed by atoms with Crippen molar-refractivity contribution in [2.45, 2.75) is 0 Å². The number of nitrogens with one attached hydrogen (secondary N) is 1. The van der Waals surface area contributed by atoms with E-state index in [1.807, 2.05) is 6.07 Å². The fraction of sp³-hybridized carbons (Fsp3) is 0. The lowest BCUT2D eigenvalue weighted by Crippen LogP contribution is -2.02. The van der Waals surface area contributed by atoms with Crippen LogP contribution in [0.1, 0.15) is 5.56 Å². The van der Waals surface area contributed by atoms with E-state index in [2.05, 4.69) is 31.2 Å². The zero-order valence-corrected chi connectivity index (χ0v) is 12.0. The van der Waals surface area contributed by atoms with Crippen molar-refractivity contribution in [2.24, 2.45) is 0 Å². The van der Waals surface area contributed by atoms with Gasteiger partial charge in [-0.2, -0.15) is 5.26 Å². The number of nitriles is 1. The summed E-state index contributed by atoms with van der Waals surface area (Å²) in [6, 6.07) is 6.84. The topological polar surface area (TPSA) is 105 Å². The van der Waals surface area contributed by atoms with Crippen LogP contribution >= 0.6 is 27.5 Å². The van der Waals surface area contributed by atoms with Crippen molar-refractivity contribution in [1.29, 1.82) is 5.26 Å². The lowest BCUT2D eigenvalue weighted by Gasteiger charge is -2.08. The molecule has 1 N–H and O–H groups in total. The second-order valence-electron chi connectivity index (χ2n) is 3.55. The van der Waals surface area contributed by atoms with E-state index in [-0.39, 0.29) is 11.0 Å². The first-order valence-corrected chi connectivity index (χ1v) is 6.31. The van der Waals surface area contributed by atoms with Crippen molar-refractivity contribution in [3.05, 3.63) is 49.8 Å². The molecule has 0 aliphatic rings. The van der Waals surface area contributed by atoms with Crippen LogP contribution in [-0.2, 0) is 0 Å². The number of nitrogens with zero attached hydrogens (tertiary/aromatic N) is 4. The van der Waals surface area contributed by atoms with Gasteiger partial charge in [-0.3, -0.25) is 10.1 Å². The number of aromatic nitrogens is 2. The lowest BCUT2D eigenvalue weighted by atomic mass is 10.2. The van der Waals surface area contributed by atoms with Crippen LogP contribution in [0.15, 0.2) is 29.0 Å². The van der Waals surface area contributed by atoms with Crippen molar-refractivity contribution in [1.82, 2.24) is 9.97 Å². The Morgan fingerprint density at radius 1 is 1.45 bits per heavy atom. The summed E-state index contributed by atoms with van der Waals surface area (Å²) in [5.74, 6) is -0.0791. The van der Waals surface area contributed by atoms with E-state index < -0.39 is 10.6 Å². The highest BCUT2D eigenvalue weighted by Crippen LogP contribution is 2.32. The largest absolute Gasteiger partial charge is 0.348 e. The summed E-state index contributed by atoms with van der Waals surface area (Å²) >= 11 is 8.95. The van der Waals surface area contributed by atoms with E-state index in [9.17, 15) is 10.1 Å². The Kier molecular flexibility index (Phi) is 4.12. The number of hydrogen-bond acceptors (Lipinski definition) is 6. The first-order valence-electron chi connectivity index (χ1n) is 5.14. The smallest absolute Gasteiger partial charge is 0.333 e. The third kappa shape index (κ3) is 2.84. The minimum atomic E-state index is -0.686. The number of hydrogen-bond donors (Lipinski definition) is 1. The van der Waals surface area contributed by atoms with Gasteiger partial charge in [0, 0.05) is 4.47 Å². The fourth-order valence-corrected chi connectivity index (χ4v) is 2.02. The highest BCUT2D eigenvalue weighted by molar-refractivity contribution is 9.10. The molecule has 20 heavy (non-hydrogen) atoms. The highest BCUT2D eigenvalue weighted by atomic mass is 79.9. The van der Waals surface area contributed by atoms with E-state index in [1.165, 1.54) is 0 Å². The standard InChI is InChI=1S/C11H5BrClN5O2/c12-7-2-1-6(4-14)8(3-7)17-11-9(18(19)20)10(13)15-5-16-11/h1-3,5H,(H,15,16,17). The van der Waals surface area contributed by atoms with Gasteiger partial charge < -0.3 is 5.32 Å². The molecule has 7 nitrogen and oxygen atoms in total. The first kappa shape index (κ1) is 14.2. The Labute approximate surface area is 126 Å². The van der Waals surface area contributed by atoms with Crippen LogP contribution < -0.4 is 5.32 Å². The van der Waals surface area contributed by atoms with Gasteiger partial charge in [0.15, 0.2) is 0 Å². The molecule has 2 rings (SSSR count). The van der Waals surface area contributed by atoms with Gasteiger partial charge in [-0.25, -0.2) is 9.97 Å². The molecule has 1 heterocycles. The average molecular weight is 355 g/mol. The third-order valence-electron chi connectivity index (χ3n) is 2.32. The summed E-state index contributed by atoms with van der Waals surface area (Å²) in [4.78, 5) is 17.6. The number of rotatable bonds is 3. The van der Waals surface area contributed by atoms with Crippen LogP contribution in [0.25, 0.3) is 0 Å². The van der Waals surface area contributed by atoms with Crippen LogP contribution in [0.4, 0.5) is 17.2 Å². The molecule has 100 valence electrons. The van der Waals surface area contributed by atoms with Gasteiger partial charge in [-0.1, -0.05) is 27.5 Å². The van der Waals surface area contributed by atoms with Gasteiger partial charge in [0.05, 0.1) is 16.2 Å². The van der Waals surface area contributed by atoms with Gasteiger partial charge in [0.1, 0.15) is 12.4 Å². The monoisotopic (exact) mass is 353 g/mol. The highest BCUT2D eigenvalue weighted by Gasteiger charge is 2.22. The van der Waals surface area contributed by atoms with E-state index >= 15 is 0 Å². The molecule has 0 aliphatic carbocycles. The van der Waals surface area contributed by atoms with E-state index in [1.54, 1.807) is 18.2 Å². The number of halogens is 2. The molecule has 0 saturated heterocycles. The number of anilines is 2. The van der Waals surface area contributed by atoms with Gasteiger partial charge in [0.25, 0.3) is 0 Å². The van der Waals surface area contributed by atoms with Crippen LogP contribution in [-0.4, -0.2) is 14.9 Å². The van der Waals surface area contributed by atoms with Gasteiger partial charge in [0.2, 0.25) is 11.0 Å². The molecule has 1 aromatic carbocycles. The zero-order chi connectivity index (χ0) is 14.7. The summed E-state index contributed by atoms with van der Waals surface area (Å²) in [6.45, 7) is 0. The summed E-state index contributed by atoms with van der Waals surface area (Å²) in [5, 5.41) is 22.5. The molecule has 0 saturated carbocycles. The summed E-state index contributed by atoms with van der Waals surface area (Å²) in [6.07, 6.45) is 1.10. The molecule has 0 bridgehead atoms. The maximum absolute atomic E-state index is 11.0. The van der Waals surface area contributed by atoms with Crippen LogP contribution in [0.3, 0.4) is 0 Å². The van der Waals surface area contributed by atoms with E-state index in [4.69, 9.17) is 16.9 Å². The SMILES string of the molecule is N#Cc1ccc(Br)cc1Nc1ncnc(Cl)c1[N+](=O)[O-]. The molecule has 0 radical (unpaired) electrons. The number of benzene rings is 1. The molecule has 1 aromatic heterocycles. The van der Waals surface area contributed by atoms with Crippen molar-refractivity contribution in [3.63, 3.8) is 0 Å². The zero-order valence-electron chi connectivity index (χ0n) is 9.67. The number of nitro groups is 1. The molecule has 0 spiro atoms.